The Morgan fingerprint density at radius 2 is 1.31 bits per heavy atom. The van der Waals surface area contributed by atoms with Crippen LogP contribution in [0.1, 0.15) is 11.1 Å². The first-order valence-corrected chi connectivity index (χ1v) is 8.18. The van der Waals surface area contributed by atoms with E-state index in [1.165, 1.54) is 0 Å². The first-order chi connectivity index (χ1) is 12.5. The van der Waals surface area contributed by atoms with Crippen molar-refractivity contribution in [3.05, 3.63) is 47.5 Å². The van der Waals surface area contributed by atoms with Gasteiger partial charge in [-0.3, -0.25) is 4.79 Å². The second kappa shape index (κ2) is 8.99. The summed E-state index contributed by atoms with van der Waals surface area (Å²) in [6.45, 7) is 0.435. The van der Waals surface area contributed by atoms with Crippen LogP contribution in [0.3, 0.4) is 0 Å². The Kier molecular flexibility index (Phi) is 6.72. The monoisotopic (exact) mass is 359 g/mol. The van der Waals surface area contributed by atoms with Gasteiger partial charge >= 0.3 is 0 Å². The van der Waals surface area contributed by atoms with Crippen LogP contribution in [0.5, 0.6) is 23.0 Å². The Labute approximate surface area is 154 Å². The van der Waals surface area contributed by atoms with Crippen molar-refractivity contribution in [2.75, 3.05) is 35.5 Å². The van der Waals surface area contributed by atoms with E-state index in [0.717, 1.165) is 11.1 Å². The van der Waals surface area contributed by atoms with E-state index >= 15 is 0 Å². The molecule has 0 spiro atoms. The van der Waals surface area contributed by atoms with E-state index in [-0.39, 0.29) is 12.3 Å². The molecule has 0 aliphatic heterocycles. The normalized spacial score (nSPS) is 10.2. The maximum atomic E-state index is 12.6. The maximum Gasteiger partial charge on any atom is 0.227 e. The lowest BCUT2D eigenvalue weighted by molar-refractivity contribution is -0.129. The molecule has 0 aliphatic rings. The highest BCUT2D eigenvalue weighted by atomic mass is 16.5. The Bertz CT molecular complexity index is 760. The third-order valence-electron chi connectivity index (χ3n) is 4.16. The molecule has 0 bridgehead atoms. The molecule has 1 amide bonds. The number of methoxy groups -OCH3 is 4. The van der Waals surface area contributed by atoms with Crippen LogP contribution in [0.15, 0.2) is 36.4 Å². The number of rotatable bonds is 8. The molecule has 0 saturated heterocycles. The highest BCUT2D eigenvalue weighted by molar-refractivity contribution is 5.79. The van der Waals surface area contributed by atoms with E-state index in [2.05, 4.69) is 0 Å². The predicted molar refractivity (Wildman–Crippen MR) is 99.3 cm³/mol. The van der Waals surface area contributed by atoms with Crippen LogP contribution in [0, 0.1) is 0 Å². The lowest BCUT2D eigenvalue weighted by Gasteiger charge is -2.20. The number of hydrogen-bond donors (Lipinski definition) is 0. The summed E-state index contributed by atoms with van der Waals surface area (Å²) >= 11 is 0. The number of carbonyl (C=O) groups is 1. The fourth-order valence-corrected chi connectivity index (χ4v) is 2.62. The van der Waals surface area contributed by atoms with Gasteiger partial charge in [-0.2, -0.15) is 0 Å². The van der Waals surface area contributed by atoms with Crippen LogP contribution >= 0.6 is 0 Å². The molecule has 2 rings (SSSR count). The molecule has 0 heterocycles. The average molecular weight is 359 g/mol. The van der Waals surface area contributed by atoms with Gasteiger partial charge in [-0.1, -0.05) is 6.07 Å². The third kappa shape index (κ3) is 4.59. The fourth-order valence-electron chi connectivity index (χ4n) is 2.62. The fraction of sp³-hybridized carbons (Fsp3) is 0.350. The molecule has 0 N–H and O–H groups in total. The van der Waals surface area contributed by atoms with Gasteiger partial charge in [0.1, 0.15) is 23.0 Å². The van der Waals surface area contributed by atoms with Gasteiger partial charge in [0.05, 0.1) is 34.9 Å². The van der Waals surface area contributed by atoms with E-state index in [0.29, 0.717) is 29.5 Å². The van der Waals surface area contributed by atoms with E-state index in [1.54, 1.807) is 52.5 Å². The summed E-state index contributed by atoms with van der Waals surface area (Å²) in [5.41, 5.74) is 1.72. The van der Waals surface area contributed by atoms with Gasteiger partial charge in [0.2, 0.25) is 5.91 Å². The molecule has 0 fully saturated rings. The molecule has 0 aliphatic carbocycles. The standard InChI is InChI=1S/C20H25NO5/c1-21(13-15-7-9-17(24-3)12-19(15)26-5)20(22)10-14-6-8-16(23-2)11-18(14)25-4/h6-9,11-12H,10,13H2,1-5H3. The van der Waals surface area contributed by atoms with Crippen molar-refractivity contribution >= 4 is 5.91 Å². The zero-order valence-electron chi connectivity index (χ0n) is 15.9. The molecule has 2 aromatic carbocycles. The molecule has 6 nitrogen and oxygen atoms in total. The lowest BCUT2D eigenvalue weighted by atomic mass is 10.1. The van der Waals surface area contributed by atoms with E-state index < -0.39 is 0 Å². The zero-order chi connectivity index (χ0) is 19.1. The van der Waals surface area contributed by atoms with Crippen molar-refractivity contribution in [1.82, 2.24) is 4.90 Å². The van der Waals surface area contributed by atoms with Crippen LogP contribution in [0.25, 0.3) is 0 Å². The smallest absolute Gasteiger partial charge is 0.227 e. The summed E-state index contributed by atoms with van der Waals surface area (Å²) in [5, 5.41) is 0. The number of nitrogens with zero attached hydrogens (tertiary/aromatic N) is 1. The van der Waals surface area contributed by atoms with Crippen LogP contribution in [-0.2, 0) is 17.8 Å². The summed E-state index contributed by atoms with van der Waals surface area (Å²) in [5.74, 6) is 2.70. The van der Waals surface area contributed by atoms with Crippen molar-refractivity contribution in [3.63, 3.8) is 0 Å². The molecule has 0 aromatic heterocycles. The van der Waals surface area contributed by atoms with Crippen molar-refractivity contribution < 1.29 is 23.7 Å². The van der Waals surface area contributed by atoms with Gasteiger partial charge in [0.15, 0.2) is 0 Å². The maximum absolute atomic E-state index is 12.6. The summed E-state index contributed by atoms with van der Waals surface area (Å²) < 4.78 is 21.2. The number of benzene rings is 2. The quantitative estimate of drug-likeness (QED) is 0.725. The van der Waals surface area contributed by atoms with E-state index in [1.807, 2.05) is 24.3 Å². The van der Waals surface area contributed by atoms with Crippen molar-refractivity contribution in [3.8, 4) is 23.0 Å². The Balaban J connectivity index is 2.11. The molecule has 0 atom stereocenters. The van der Waals surface area contributed by atoms with Crippen LogP contribution in [0.2, 0.25) is 0 Å². The second-order valence-corrected chi connectivity index (χ2v) is 5.78. The summed E-state index contributed by atoms with van der Waals surface area (Å²) in [6.07, 6.45) is 0.238. The van der Waals surface area contributed by atoms with Gasteiger partial charge in [-0.05, 0) is 18.2 Å². The van der Waals surface area contributed by atoms with Gasteiger partial charge in [0, 0.05) is 36.9 Å². The van der Waals surface area contributed by atoms with Gasteiger partial charge in [-0.25, -0.2) is 0 Å². The minimum absolute atomic E-state index is 0.0219. The minimum atomic E-state index is -0.0219. The molecule has 0 saturated carbocycles. The molecule has 2 aromatic rings. The van der Waals surface area contributed by atoms with Gasteiger partial charge in [-0.15, -0.1) is 0 Å². The second-order valence-electron chi connectivity index (χ2n) is 5.78. The first kappa shape index (κ1) is 19.4. The Morgan fingerprint density at radius 3 is 1.81 bits per heavy atom. The number of likely N-dealkylation sites (N-methyl/N-ethyl adjacent to an activating group) is 1. The highest BCUT2D eigenvalue weighted by Gasteiger charge is 2.16. The first-order valence-electron chi connectivity index (χ1n) is 8.18. The number of hydrogen-bond acceptors (Lipinski definition) is 5. The topological polar surface area (TPSA) is 57.2 Å². The molecule has 6 heteroatoms. The van der Waals surface area contributed by atoms with Crippen molar-refractivity contribution in [1.29, 1.82) is 0 Å². The summed E-state index contributed by atoms with van der Waals surface area (Å²) in [6, 6.07) is 11.0. The van der Waals surface area contributed by atoms with E-state index in [9.17, 15) is 4.79 Å². The van der Waals surface area contributed by atoms with Crippen LogP contribution in [-0.4, -0.2) is 46.3 Å². The molecule has 0 radical (unpaired) electrons. The largest absolute Gasteiger partial charge is 0.497 e. The molecule has 26 heavy (non-hydrogen) atoms. The summed E-state index contributed by atoms with van der Waals surface area (Å²) in [7, 11) is 8.14. The Morgan fingerprint density at radius 1 is 0.808 bits per heavy atom. The van der Waals surface area contributed by atoms with Gasteiger partial charge in [0.25, 0.3) is 0 Å². The SMILES string of the molecule is COc1ccc(CC(=O)N(C)Cc2ccc(OC)cc2OC)c(OC)c1. The molecular formula is C20H25NO5. The number of ether oxygens (including phenoxy) is 4. The zero-order valence-corrected chi connectivity index (χ0v) is 15.9. The predicted octanol–water partition coefficient (Wildman–Crippen LogP) is 2.92. The average Bonchev–Trinajstić information content (AvgIpc) is 2.68. The van der Waals surface area contributed by atoms with Crippen molar-refractivity contribution in [2.24, 2.45) is 0 Å². The number of carbonyl (C=O) groups excluding carboxylic acids is 1. The summed E-state index contributed by atoms with van der Waals surface area (Å²) in [4.78, 5) is 14.3. The van der Waals surface area contributed by atoms with E-state index in [4.69, 9.17) is 18.9 Å². The van der Waals surface area contributed by atoms with Crippen molar-refractivity contribution in [2.45, 2.75) is 13.0 Å². The van der Waals surface area contributed by atoms with Gasteiger partial charge < -0.3 is 23.8 Å². The lowest BCUT2D eigenvalue weighted by Crippen LogP contribution is -2.28. The van der Waals surface area contributed by atoms with Crippen LogP contribution < -0.4 is 18.9 Å². The molecular weight excluding hydrogens is 334 g/mol. The third-order valence-corrected chi connectivity index (χ3v) is 4.16. The number of amides is 1. The van der Waals surface area contributed by atoms with Crippen LogP contribution in [0.4, 0.5) is 0 Å². The molecule has 0 unspecified atom stereocenters. The Hall–Kier alpha value is -2.89. The molecule has 140 valence electrons. The highest BCUT2D eigenvalue weighted by Crippen LogP contribution is 2.27. The minimum Gasteiger partial charge on any atom is -0.497 e.